The standard InChI is InChI=1S/C36H37F2N3O3/c1-2-23-12-13-33-26(18-23)31(21-36(44-33)15-7-16-36)40-22-32(42)29(19-24-8-4-3-5-9-24)41-35(43)25-14-17-39-30(20-25)34-27(37)10-6-11-28(34)38/h3-6,8-14,17-18,20,29,31-32,40,42H,2,7,15-16,19,21-22H2,1H3,(H,41,43)/t29-,31-,32+/m0/s1. The fraction of sp³-hybridized carbons (Fsp3) is 0.333. The van der Waals surface area contributed by atoms with E-state index >= 15 is 0 Å². The lowest BCUT2D eigenvalue weighted by atomic mass is 9.72. The summed E-state index contributed by atoms with van der Waals surface area (Å²) in [5, 5.41) is 18.1. The monoisotopic (exact) mass is 597 g/mol. The molecule has 0 radical (unpaired) electrons. The summed E-state index contributed by atoms with van der Waals surface area (Å²) in [4.78, 5) is 17.6. The molecule has 6 rings (SSSR count). The van der Waals surface area contributed by atoms with E-state index < -0.39 is 29.7 Å². The number of carbonyl (C=O) groups is 1. The number of aromatic nitrogens is 1. The van der Waals surface area contributed by atoms with Gasteiger partial charge in [-0.1, -0.05) is 55.5 Å². The van der Waals surface area contributed by atoms with Gasteiger partial charge in [0.15, 0.2) is 0 Å². The first-order valence-electron chi connectivity index (χ1n) is 15.3. The first-order valence-corrected chi connectivity index (χ1v) is 15.3. The van der Waals surface area contributed by atoms with E-state index in [9.17, 15) is 18.7 Å². The van der Waals surface area contributed by atoms with Crippen molar-refractivity contribution in [2.24, 2.45) is 0 Å². The SMILES string of the molecule is CCc1ccc2c(c1)[C@@H](NC[C@@H](O)[C@H](Cc1ccccc1)NC(=O)c1ccnc(-c3c(F)cccc3F)c1)CC1(CCC1)O2. The zero-order valence-corrected chi connectivity index (χ0v) is 24.7. The number of fused-ring (bicyclic) bond motifs is 1. The van der Waals surface area contributed by atoms with Gasteiger partial charge in [-0.2, -0.15) is 0 Å². The molecule has 44 heavy (non-hydrogen) atoms. The summed E-state index contributed by atoms with van der Waals surface area (Å²) >= 11 is 0. The number of ether oxygens (including phenoxy) is 1. The van der Waals surface area contributed by atoms with E-state index in [1.54, 1.807) is 0 Å². The minimum atomic E-state index is -0.928. The molecule has 0 unspecified atom stereocenters. The molecule has 1 fully saturated rings. The van der Waals surface area contributed by atoms with Crippen LogP contribution in [0.25, 0.3) is 11.3 Å². The van der Waals surface area contributed by atoms with Crippen molar-refractivity contribution in [3.63, 3.8) is 0 Å². The number of pyridine rings is 1. The molecule has 3 N–H and O–H groups in total. The smallest absolute Gasteiger partial charge is 0.251 e. The van der Waals surface area contributed by atoms with Crippen molar-refractivity contribution in [1.29, 1.82) is 0 Å². The van der Waals surface area contributed by atoms with Crippen LogP contribution in [-0.4, -0.2) is 40.3 Å². The van der Waals surface area contributed by atoms with E-state index in [0.717, 1.165) is 61.1 Å². The highest BCUT2D eigenvalue weighted by Gasteiger charge is 2.45. The predicted octanol–water partition coefficient (Wildman–Crippen LogP) is 6.33. The topological polar surface area (TPSA) is 83.5 Å². The molecule has 1 saturated carbocycles. The van der Waals surface area contributed by atoms with Gasteiger partial charge in [0, 0.05) is 36.3 Å². The van der Waals surface area contributed by atoms with Crippen molar-refractivity contribution in [2.45, 2.75) is 69.2 Å². The van der Waals surface area contributed by atoms with E-state index in [2.05, 4.69) is 40.7 Å². The lowest BCUT2D eigenvalue weighted by Gasteiger charge is -2.48. The van der Waals surface area contributed by atoms with Gasteiger partial charge in [0.05, 0.1) is 23.4 Å². The third-order valence-corrected chi connectivity index (χ3v) is 8.92. The maximum Gasteiger partial charge on any atom is 0.251 e. The van der Waals surface area contributed by atoms with Gasteiger partial charge in [-0.25, -0.2) is 8.78 Å². The Bertz CT molecular complexity index is 1610. The Hall–Kier alpha value is -4.14. The van der Waals surface area contributed by atoms with Crippen LogP contribution >= 0.6 is 0 Å². The van der Waals surface area contributed by atoms with Gasteiger partial charge in [-0.15, -0.1) is 0 Å². The van der Waals surface area contributed by atoms with Crippen LogP contribution in [0.2, 0.25) is 0 Å². The van der Waals surface area contributed by atoms with Gasteiger partial charge in [0.2, 0.25) is 0 Å². The van der Waals surface area contributed by atoms with Crippen LogP contribution in [0.5, 0.6) is 5.75 Å². The summed E-state index contributed by atoms with van der Waals surface area (Å²) in [7, 11) is 0. The second-order valence-corrected chi connectivity index (χ2v) is 11.9. The molecule has 0 saturated heterocycles. The van der Waals surface area contributed by atoms with Crippen LogP contribution in [0.3, 0.4) is 0 Å². The Balaban J connectivity index is 1.21. The molecule has 6 nitrogen and oxygen atoms in total. The number of hydrogen-bond acceptors (Lipinski definition) is 5. The first kappa shape index (κ1) is 29.9. The first-order chi connectivity index (χ1) is 21.3. The van der Waals surface area contributed by atoms with Gasteiger partial charge in [-0.05, 0) is 73.6 Å². The second-order valence-electron chi connectivity index (χ2n) is 11.9. The lowest BCUT2D eigenvalue weighted by molar-refractivity contribution is -0.0382. The second kappa shape index (κ2) is 12.8. The van der Waals surface area contributed by atoms with Crippen LogP contribution in [0.1, 0.15) is 65.7 Å². The number of nitrogens with zero attached hydrogens (tertiary/aromatic N) is 1. The highest BCUT2D eigenvalue weighted by atomic mass is 19.1. The molecule has 0 bridgehead atoms. The highest BCUT2D eigenvalue weighted by molar-refractivity contribution is 5.95. The van der Waals surface area contributed by atoms with Crippen LogP contribution in [0.15, 0.2) is 85.1 Å². The molecule has 3 aromatic carbocycles. The Morgan fingerprint density at radius 2 is 1.80 bits per heavy atom. The van der Waals surface area contributed by atoms with Gasteiger partial charge in [0.25, 0.3) is 5.91 Å². The zero-order valence-electron chi connectivity index (χ0n) is 24.7. The van der Waals surface area contributed by atoms with Crippen LogP contribution in [0, 0.1) is 11.6 Å². The molecular weight excluding hydrogens is 560 g/mol. The van der Waals surface area contributed by atoms with Crippen molar-refractivity contribution in [1.82, 2.24) is 15.6 Å². The molecule has 8 heteroatoms. The maximum absolute atomic E-state index is 14.4. The maximum atomic E-state index is 14.4. The Labute approximate surface area is 256 Å². The highest BCUT2D eigenvalue weighted by Crippen LogP contribution is 2.49. The van der Waals surface area contributed by atoms with Crippen molar-refractivity contribution >= 4 is 5.91 Å². The molecule has 1 aliphatic carbocycles. The molecule has 1 amide bonds. The van der Waals surface area contributed by atoms with E-state index in [4.69, 9.17) is 4.74 Å². The quantitative estimate of drug-likeness (QED) is 0.199. The predicted molar refractivity (Wildman–Crippen MR) is 165 cm³/mol. The molecule has 2 heterocycles. The molecule has 228 valence electrons. The van der Waals surface area contributed by atoms with E-state index in [-0.39, 0.29) is 35.0 Å². The zero-order chi connectivity index (χ0) is 30.7. The number of hydrogen-bond donors (Lipinski definition) is 3. The van der Waals surface area contributed by atoms with Crippen LogP contribution in [0.4, 0.5) is 8.78 Å². The van der Waals surface area contributed by atoms with Gasteiger partial charge < -0.3 is 20.5 Å². The average molecular weight is 598 g/mol. The summed E-state index contributed by atoms with van der Waals surface area (Å²) < 4.78 is 35.4. The Morgan fingerprint density at radius 3 is 2.50 bits per heavy atom. The van der Waals surface area contributed by atoms with E-state index in [0.29, 0.717) is 6.42 Å². The summed E-state index contributed by atoms with van der Waals surface area (Å²) in [5.74, 6) is -1.09. The Kier molecular flexibility index (Phi) is 8.73. The molecule has 3 atom stereocenters. The van der Waals surface area contributed by atoms with Crippen molar-refractivity contribution in [3.8, 4) is 17.0 Å². The number of halogens is 2. The molecule has 1 spiro atoms. The fourth-order valence-corrected chi connectivity index (χ4v) is 6.26. The number of rotatable bonds is 10. The van der Waals surface area contributed by atoms with Gasteiger partial charge in [-0.3, -0.25) is 9.78 Å². The number of aliphatic hydroxyl groups is 1. The minimum absolute atomic E-state index is 0.00620. The third kappa shape index (κ3) is 6.37. The van der Waals surface area contributed by atoms with Crippen molar-refractivity contribution in [3.05, 3.63) is 119 Å². The summed E-state index contributed by atoms with van der Waals surface area (Å²) in [6, 6.07) is 21.8. The number of benzene rings is 3. The van der Waals surface area contributed by atoms with Gasteiger partial charge in [0.1, 0.15) is 23.0 Å². The summed E-state index contributed by atoms with van der Waals surface area (Å²) in [5.41, 5.74) is 3.03. The van der Waals surface area contributed by atoms with Crippen molar-refractivity contribution < 1.29 is 23.4 Å². The van der Waals surface area contributed by atoms with Gasteiger partial charge >= 0.3 is 0 Å². The number of amides is 1. The Morgan fingerprint density at radius 1 is 1.02 bits per heavy atom. The van der Waals surface area contributed by atoms with E-state index in [1.807, 2.05) is 30.3 Å². The van der Waals surface area contributed by atoms with Crippen LogP contribution in [-0.2, 0) is 12.8 Å². The van der Waals surface area contributed by atoms with E-state index in [1.165, 1.54) is 30.0 Å². The number of carbonyl (C=O) groups excluding carboxylic acids is 1. The number of aliphatic hydroxyl groups excluding tert-OH is 1. The third-order valence-electron chi connectivity index (χ3n) is 8.92. The number of aryl methyl sites for hydroxylation is 1. The summed E-state index contributed by atoms with van der Waals surface area (Å²) in [6.07, 6.45) is 5.72. The molecular formula is C36H37F2N3O3. The normalized spacial score (nSPS) is 18.0. The number of nitrogens with one attached hydrogen (secondary N) is 2. The molecule has 4 aromatic rings. The molecule has 1 aromatic heterocycles. The largest absolute Gasteiger partial charge is 0.487 e. The lowest BCUT2D eigenvalue weighted by Crippen LogP contribution is -2.52. The average Bonchev–Trinajstić information content (AvgIpc) is 3.02. The summed E-state index contributed by atoms with van der Waals surface area (Å²) in [6.45, 7) is 2.37. The fourth-order valence-electron chi connectivity index (χ4n) is 6.26. The molecule has 2 aliphatic rings. The minimum Gasteiger partial charge on any atom is -0.487 e. The molecule has 1 aliphatic heterocycles. The van der Waals surface area contributed by atoms with Crippen molar-refractivity contribution in [2.75, 3.05) is 6.54 Å². The van der Waals surface area contributed by atoms with Crippen LogP contribution < -0.4 is 15.4 Å².